The van der Waals surface area contributed by atoms with Crippen molar-refractivity contribution in [1.29, 1.82) is 0 Å². The average Bonchev–Trinajstić information content (AvgIpc) is 2.23. The molecule has 0 aliphatic carbocycles. The summed E-state index contributed by atoms with van der Waals surface area (Å²) >= 11 is 1.77. The first kappa shape index (κ1) is 9.34. The Balaban J connectivity index is 2.68. The van der Waals surface area contributed by atoms with Gasteiger partial charge in [-0.1, -0.05) is 12.1 Å². The first-order valence-corrected chi connectivity index (χ1v) is 5.77. The van der Waals surface area contributed by atoms with E-state index >= 15 is 0 Å². The molecule has 2 nitrogen and oxygen atoms in total. The van der Waals surface area contributed by atoms with Crippen molar-refractivity contribution in [1.82, 2.24) is 4.98 Å². The number of phenols is 1. The Labute approximate surface area is 87.0 Å². The Hall–Kier alpha value is -1.22. The highest BCUT2D eigenvalue weighted by Crippen LogP contribution is 2.27. The first-order valence-electron chi connectivity index (χ1n) is 4.37. The Bertz CT molecular complexity index is 456. The summed E-state index contributed by atoms with van der Waals surface area (Å²) in [4.78, 5) is 4.16. The van der Waals surface area contributed by atoms with Crippen LogP contribution in [-0.2, 0) is 5.75 Å². The third-order valence-electron chi connectivity index (χ3n) is 2.14. The minimum absolute atomic E-state index is 0.255. The molecule has 14 heavy (non-hydrogen) atoms. The summed E-state index contributed by atoms with van der Waals surface area (Å²) in [5.41, 5.74) is 1.91. The fourth-order valence-electron chi connectivity index (χ4n) is 1.50. The van der Waals surface area contributed by atoms with Crippen LogP contribution in [0.5, 0.6) is 5.75 Å². The van der Waals surface area contributed by atoms with Gasteiger partial charge < -0.3 is 5.11 Å². The van der Waals surface area contributed by atoms with Crippen LogP contribution in [0.25, 0.3) is 10.9 Å². The number of benzene rings is 1. The quantitative estimate of drug-likeness (QED) is 0.818. The van der Waals surface area contributed by atoms with E-state index in [1.54, 1.807) is 24.0 Å². The second-order valence-corrected chi connectivity index (χ2v) is 3.94. The van der Waals surface area contributed by atoms with Crippen molar-refractivity contribution in [3.05, 3.63) is 36.0 Å². The van der Waals surface area contributed by atoms with E-state index in [9.17, 15) is 5.11 Å². The normalized spacial score (nSPS) is 10.6. The van der Waals surface area contributed by atoms with Gasteiger partial charge in [-0.2, -0.15) is 11.8 Å². The van der Waals surface area contributed by atoms with Crippen LogP contribution < -0.4 is 0 Å². The van der Waals surface area contributed by atoms with E-state index in [2.05, 4.69) is 11.2 Å². The monoisotopic (exact) mass is 205 g/mol. The number of fused-ring (bicyclic) bond motifs is 1. The second-order valence-electron chi connectivity index (χ2n) is 3.08. The van der Waals surface area contributed by atoms with E-state index in [0.29, 0.717) is 5.52 Å². The number of rotatable bonds is 2. The van der Waals surface area contributed by atoms with Gasteiger partial charge in [-0.25, -0.2) is 0 Å². The molecule has 3 heteroatoms. The smallest absolute Gasteiger partial charge is 0.141 e. The van der Waals surface area contributed by atoms with Gasteiger partial charge in [0.2, 0.25) is 0 Å². The summed E-state index contributed by atoms with van der Waals surface area (Å²) in [6.07, 6.45) is 3.76. The van der Waals surface area contributed by atoms with Crippen LogP contribution in [0.4, 0.5) is 0 Å². The molecule has 0 radical (unpaired) electrons. The van der Waals surface area contributed by atoms with Crippen molar-refractivity contribution in [2.45, 2.75) is 5.75 Å². The molecule has 0 unspecified atom stereocenters. The molecule has 0 saturated carbocycles. The summed E-state index contributed by atoms with van der Waals surface area (Å²) in [6, 6.07) is 7.55. The summed E-state index contributed by atoms with van der Waals surface area (Å²) in [6.45, 7) is 0. The van der Waals surface area contributed by atoms with E-state index in [1.807, 2.05) is 18.2 Å². The lowest BCUT2D eigenvalue weighted by molar-refractivity contribution is 0.480. The van der Waals surface area contributed by atoms with Gasteiger partial charge in [0, 0.05) is 17.3 Å². The third kappa shape index (κ3) is 1.55. The van der Waals surface area contributed by atoms with Gasteiger partial charge in [0.15, 0.2) is 0 Å². The molecular weight excluding hydrogens is 194 g/mol. The third-order valence-corrected chi connectivity index (χ3v) is 2.74. The predicted octanol–water partition coefficient (Wildman–Crippen LogP) is 2.80. The lowest BCUT2D eigenvalue weighted by Gasteiger charge is -2.05. The van der Waals surface area contributed by atoms with E-state index in [0.717, 1.165) is 11.1 Å². The molecule has 0 bridgehead atoms. The number of nitrogens with zero attached hydrogens (tertiary/aromatic N) is 1. The Kier molecular flexibility index (Phi) is 2.59. The average molecular weight is 205 g/mol. The molecule has 0 atom stereocenters. The van der Waals surface area contributed by atoms with Crippen molar-refractivity contribution < 1.29 is 5.11 Å². The lowest BCUT2D eigenvalue weighted by atomic mass is 10.1. The molecule has 1 N–H and O–H groups in total. The molecule has 1 aromatic heterocycles. The van der Waals surface area contributed by atoms with Gasteiger partial charge in [-0.05, 0) is 24.0 Å². The van der Waals surface area contributed by atoms with Crippen molar-refractivity contribution in [3.8, 4) is 5.75 Å². The van der Waals surface area contributed by atoms with Gasteiger partial charge in [0.05, 0.1) is 0 Å². The standard InChI is InChI=1S/C11H11NOS/c1-14-7-8-4-5-10(13)11-9(8)3-2-6-12-11/h2-6,13H,7H2,1H3. The Morgan fingerprint density at radius 2 is 2.21 bits per heavy atom. The van der Waals surface area contributed by atoms with Crippen LogP contribution in [0.15, 0.2) is 30.5 Å². The second kappa shape index (κ2) is 3.88. The maximum absolute atomic E-state index is 9.59. The largest absolute Gasteiger partial charge is 0.506 e. The molecule has 1 heterocycles. The topological polar surface area (TPSA) is 33.1 Å². The maximum Gasteiger partial charge on any atom is 0.141 e. The van der Waals surface area contributed by atoms with Gasteiger partial charge in [0.1, 0.15) is 11.3 Å². The summed E-state index contributed by atoms with van der Waals surface area (Å²) in [7, 11) is 0. The van der Waals surface area contributed by atoms with Gasteiger partial charge in [-0.3, -0.25) is 4.98 Å². The molecule has 0 fully saturated rings. The van der Waals surface area contributed by atoms with Crippen molar-refractivity contribution >= 4 is 22.7 Å². The zero-order valence-electron chi connectivity index (χ0n) is 7.90. The van der Waals surface area contributed by atoms with Crippen molar-refractivity contribution in [2.24, 2.45) is 0 Å². The van der Waals surface area contributed by atoms with Crippen LogP contribution >= 0.6 is 11.8 Å². The number of hydrogen-bond acceptors (Lipinski definition) is 3. The fraction of sp³-hybridized carbons (Fsp3) is 0.182. The number of pyridine rings is 1. The summed E-state index contributed by atoms with van der Waals surface area (Å²) in [5.74, 6) is 1.20. The molecule has 0 spiro atoms. The molecule has 0 aliphatic rings. The molecule has 2 rings (SSSR count). The van der Waals surface area contributed by atoms with E-state index in [4.69, 9.17) is 0 Å². The number of aromatic hydroxyl groups is 1. The highest BCUT2D eigenvalue weighted by atomic mass is 32.2. The minimum atomic E-state index is 0.255. The molecule has 72 valence electrons. The van der Waals surface area contributed by atoms with Crippen LogP contribution in [0, 0.1) is 0 Å². The molecule has 0 aliphatic heterocycles. The van der Waals surface area contributed by atoms with Crippen LogP contribution in [-0.4, -0.2) is 16.3 Å². The zero-order valence-corrected chi connectivity index (χ0v) is 8.71. The number of aromatic nitrogens is 1. The van der Waals surface area contributed by atoms with E-state index in [-0.39, 0.29) is 5.75 Å². The van der Waals surface area contributed by atoms with E-state index < -0.39 is 0 Å². The molecular formula is C11H11NOS. The van der Waals surface area contributed by atoms with Crippen molar-refractivity contribution in [3.63, 3.8) is 0 Å². The Morgan fingerprint density at radius 1 is 1.36 bits per heavy atom. The highest BCUT2D eigenvalue weighted by molar-refractivity contribution is 7.97. The molecule has 1 aromatic carbocycles. The summed E-state index contributed by atoms with van der Waals surface area (Å²) < 4.78 is 0. The molecule has 0 saturated heterocycles. The molecule has 2 aromatic rings. The zero-order chi connectivity index (χ0) is 9.97. The molecule has 0 amide bonds. The number of hydrogen-bond donors (Lipinski definition) is 1. The lowest BCUT2D eigenvalue weighted by Crippen LogP contribution is -1.86. The van der Waals surface area contributed by atoms with Gasteiger partial charge in [0.25, 0.3) is 0 Å². The summed E-state index contributed by atoms with van der Waals surface area (Å²) in [5, 5.41) is 10.6. The van der Waals surface area contributed by atoms with E-state index in [1.165, 1.54) is 5.56 Å². The first-order chi connectivity index (χ1) is 6.83. The van der Waals surface area contributed by atoms with Crippen LogP contribution in [0.3, 0.4) is 0 Å². The van der Waals surface area contributed by atoms with Crippen molar-refractivity contribution in [2.75, 3.05) is 6.26 Å². The predicted molar refractivity (Wildman–Crippen MR) is 60.6 cm³/mol. The van der Waals surface area contributed by atoms with Crippen LogP contribution in [0.2, 0.25) is 0 Å². The SMILES string of the molecule is CSCc1ccc(O)c2ncccc12. The van der Waals surface area contributed by atoms with Gasteiger partial charge >= 0.3 is 0 Å². The number of phenolic OH excluding ortho intramolecular Hbond substituents is 1. The number of thioether (sulfide) groups is 1. The highest BCUT2D eigenvalue weighted by Gasteiger charge is 2.04. The minimum Gasteiger partial charge on any atom is -0.506 e. The Morgan fingerprint density at radius 3 is 3.00 bits per heavy atom. The maximum atomic E-state index is 9.59. The fourth-order valence-corrected chi connectivity index (χ4v) is 2.06. The van der Waals surface area contributed by atoms with Gasteiger partial charge in [-0.15, -0.1) is 0 Å². The van der Waals surface area contributed by atoms with Crippen LogP contribution in [0.1, 0.15) is 5.56 Å².